The minimum atomic E-state index is -0.942. The van der Waals surface area contributed by atoms with Crippen LogP contribution in [-0.4, -0.2) is 46.9 Å². The molecule has 8 heteroatoms. The minimum Gasteiger partial charge on any atom is -0.492 e. The number of imidazole rings is 1. The van der Waals surface area contributed by atoms with Crippen LogP contribution >= 0.6 is 11.8 Å². The van der Waals surface area contributed by atoms with E-state index in [4.69, 9.17) is 9.47 Å². The van der Waals surface area contributed by atoms with E-state index in [2.05, 4.69) is 63.4 Å². The molecule has 4 aromatic rings. The normalized spacial score (nSPS) is 12.5. The number of fused-ring (bicyclic) bond motifs is 2. The van der Waals surface area contributed by atoms with Crippen molar-refractivity contribution >= 4 is 29.1 Å². The zero-order chi connectivity index (χ0) is 25.2. The Morgan fingerprint density at radius 3 is 2.22 bits per heavy atom. The minimum absolute atomic E-state index is 0.336. The number of benzene rings is 3. The highest BCUT2D eigenvalue weighted by Gasteiger charge is 2.22. The molecule has 2 heterocycles. The van der Waals surface area contributed by atoms with Crippen LogP contribution in [0, 0.1) is 0 Å². The van der Waals surface area contributed by atoms with E-state index in [1.54, 1.807) is 37.4 Å². The number of aliphatic carboxylic acids is 1. The first-order chi connectivity index (χ1) is 17.7. The number of nitrogens with one attached hydrogen (secondary N) is 1. The Hall–Kier alpha value is -3.75. The van der Waals surface area contributed by atoms with Crippen molar-refractivity contribution in [1.29, 1.82) is 0 Å². The van der Waals surface area contributed by atoms with Crippen molar-refractivity contribution in [2.45, 2.75) is 29.2 Å². The van der Waals surface area contributed by atoms with Gasteiger partial charge in [-0.05, 0) is 48.9 Å². The number of para-hydroxylation sites is 2. The number of hydrogen-bond donors (Lipinski definition) is 2. The monoisotopic (exact) mass is 503 g/mol. The second-order valence-electron chi connectivity index (χ2n) is 7.93. The summed E-state index contributed by atoms with van der Waals surface area (Å²) < 4.78 is 11.3. The maximum absolute atomic E-state index is 11.3. The lowest BCUT2D eigenvalue weighted by molar-refractivity contribution is -0.149. The van der Waals surface area contributed by atoms with E-state index < -0.39 is 12.1 Å². The van der Waals surface area contributed by atoms with Gasteiger partial charge in [-0.15, -0.1) is 0 Å². The molecule has 0 radical (unpaired) electrons. The van der Waals surface area contributed by atoms with Gasteiger partial charge >= 0.3 is 5.97 Å². The number of ether oxygens (including phenoxy) is 2. The second kappa shape index (κ2) is 12.8. The molecule has 5 rings (SSSR count). The van der Waals surface area contributed by atoms with Crippen LogP contribution in [0.2, 0.25) is 0 Å². The standard InChI is InChI=1S/C25H25NO4S.C3H4N2/c1-2-29-22(25(27)28)17-18-11-13-19(14-12-18)30-16-15-26-20-7-3-5-9-23(20)31-24-10-6-4-8-21(24)26;1-2-5-3-4-1/h3-14,22H,2,15-17H2,1H3,(H,27,28);1-3H,(H,4,5)/t22-;/m0./s1. The van der Waals surface area contributed by atoms with Crippen molar-refractivity contribution in [3.63, 3.8) is 0 Å². The molecule has 2 N–H and O–H groups in total. The van der Waals surface area contributed by atoms with Gasteiger partial charge in [0.1, 0.15) is 12.4 Å². The smallest absolute Gasteiger partial charge is 0.333 e. The van der Waals surface area contributed by atoms with E-state index in [0.717, 1.165) is 17.9 Å². The van der Waals surface area contributed by atoms with E-state index in [1.807, 2.05) is 24.3 Å². The van der Waals surface area contributed by atoms with Gasteiger partial charge in [-0.25, -0.2) is 9.78 Å². The molecular formula is C28H29N3O4S. The highest BCUT2D eigenvalue weighted by atomic mass is 32.2. The van der Waals surface area contributed by atoms with Crippen LogP contribution in [0.1, 0.15) is 12.5 Å². The molecule has 1 atom stereocenters. The summed E-state index contributed by atoms with van der Waals surface area (Å²) in [6.45, 7) is 3.43. The Morgan fingerprint density at radius 2 is 1.69 bits per heavy atom. The molecular weight excluding hydrogens is 474 g/mol. The SMILES string of the molecule is CCO[C@@H](Cc1ccc(OCCN2c3ccccc3Sc3ccccc32)cc1)C(=O)O.c1c[nH]cn1. The molecule has 0 amide bonds. The van der Waals surface area contributed by atoms with Crippen molar-refractivity contribution in [2.24, 2.45) is 0 Å². The number of hydrogen-bond acceptors (Lipinski definition) is 6. The van der Waals surface area contributed by atoms with Crippen molar-refractivity contribution in [3.05, 3.63) is 97.1 Å². The van der Waals surface area contributed by atoms with E-state index >= 15 is 0 Å². The summed E-state index contributed by atoms with van der Waals surface area (Å²) in [5.41, 5.74) is 3.30. The molecule has 7 nitrogen and oxygen atoms in total. The molecule has 0 saturated carbocycles. The van der Waals surface area contributed by atoms with Gasteiger partial charge in [0, 0.05) is 35.2 Å². The molecule has 1 aromatic heterocycles. The lowest BCUT2D eigenvalue weighted by atomic mass is 10.1. The zero-order valence-corrected chi connectivity index (χ0v) is 20.9. The summed E-state index contributed by atoms with van der Waals surface area (Å²) in [5.74, 6) is -0.178. The van der Waals surface area contributed by atoms with Crippen molar-refractivity contribution in [2.75, 3.05) is 24.7 Å². The Balaban J connectivity index is 0.000000543. The molecule has 0 fully saturated rings. The zero-order valence-electron chi connectivity index (χ0n) is 20.0. The lowest BCUT2D eigenvalue weighted by Crippen LogP contribution is -2.26. The first-order valence-corrected chi connectivity index (χ1v) is 12.6. The fourth-order valence-corrected chi connectivity index (χ4v) is 4.94. The third kappa shape index (κ3) is 6.68. The largest absolute Gasteiger partial charge is 0.492 e. The van der Waals surface area contributed by atoms with Crippen LogP contribution in [0.25, 0.3) is 0 Å². The summed E-state index contributed by atoms with van der Waals surface area (Å²) >= 11 is 1.79. The molecule has 186 valence electrons. The molecule has 1 aliphatic rings. The van der Waals surface area contributed by atoms with Gasteiger partial charge < -0.3 is 24.5 Å². The highest BCUT2D eigenvalue weighted by Crippen LogP contribution is 2.47. The number of carbonyl (C=O) groups is 1. The summed E-state index contributed by atoms with van der Waals surface area (Å²) in [6, 6.07) is 24.4. The maximum Gasteiger partial charge on any atom is 0.333 e. The first-order valence-electron chi connectivity index (χ1n) is 11.8. The molecule has 0 aliphatic carbocycles. The fourth-order valence-electron chi connectivity index (χ4n) is 3.85. The molecule has 0 unspecified atom stereocenters. The summed E-state index contributed by atoms with van der Waals surface area (Å²) in [5, 5.41) is 9.24. The Bertz CT molecular complexity index is 1170. The Morgan fingerprint density at radius 1 is 1.03 bits per heavy atom. The number of aromatic amines is 1. The van der Waals surface area contributed by atoms with Gasteiger partial charge in [-0.2, -0.15) is 0 Å². The highest BCUT2D eigenvalue weighted by molar-refractivity contribution is 7.99. The lowest BCUT2D eigenvalue weighted by Gasteiger charge is -2.32. The number of carboxylic acids is 1. The van der Waals surface area contributed by atoms with Crippen LogP contribution in [0.5, 0.6) is 5.75 Å². The Kier molecular flexibility index (Phi) is 9.02. The van der Waals surface area contributed by atoms with Crippen molar-refractivity contribution in [1.82, 2.24) is 9.97 Å². The molecule has 0 spiro atoms. The molecule has 36 heavy (non-hydrogen) atoms. The molecule has 0 bridgehead atoms. The van der Waals surface area contributed by atoms with Crippen LogP contribution in [0.15, 0.2) is 101 Å². The first kappa shape index (κ1) is 25.3. The van der Waals surface area contributed by atoms with E-state index in [0.29, 0.717) is 19.6 Å². The number of anilines is 2. The average Bonchev–Trinajstić information content (AvgIpc) is 3.49. The number of carboxylic acid groups (broad SMARTS) is 1. The third-order valence-electron chi connectivity index (χ3n) is 5.51. The second-order valence-corrected chi connectivity index (χ2v) is 9.01. The predicted molar refractivity (Wildman–Crippen MR) is 141 cm³/mol. The van der Waals surface area contributed by atoms with Gasteiger partial charge in [0.05, 0.1) is 24.2 Å². The fraction of sp³-hybridized carbons (Fsp3) is 0.214. The van der Waals surface area contributed by atoms with Crippen LogP contribution in [0.4, 0.5) is 11.4 Å². The van der Waals surface area contributed by atoms with Gasteiger partial charge in [-0.3, -0.25) is 0 Å². The van der Waals surface area contributed by atoms with Gasteiger partial charge in [-0.1, -0.05) is 48.2 Å². The topological polar surface area (TPSA) is 87.7 Å². The van der Waals surface area contributed by atoms with E-state index in [1.165, 1.54) is 21.2 Å². The molecule has 3 aromatic carbocycles. The molecule has 0 saturated heterocycles. The van der Waals surface area contributed by atoms with Crippen LogP contribution in [-0.2, 0) is 16.0 Å². The van der Waals surface area contributed by atoms with Crippen LogP contribution < -0.4 is 9.64 Å². The van der Waals surface area contributed by atoms with Crippen molar-refractivity contribution in [3.8, 4) is 5.75 Å². The van der Waals surface area contributed by atoms with E-state index in [-0.39, 0.29) is 0 Å². The van der Waals surface area contributed by atoms with Crippen molar-refractivity contribution < 1.29 is 19.4 Å². The quantitative estimate of drug-likeness (QED) is 0.298. The number of nitrogens with zero attached hydrogens (tertiary/aromatic N) is 2. The number of rotatable bonds is 9. The third-order valence-corrected chi connectivity index (χ3v) is 6.64. The van der Waals surface area contributed by atoms with Crippen LogP contribution in [0.3, 0.4) is 0 Å². The van der Waals surface area contributed by atoms with Gasteiger partial charge in [0.15, 0.2) is 6.10 Å². The van der Waals surface area contributed by atoms with E-state index in [9.17, 15) is 9.90 Å². The predicted octanol–water partition coefficient (Wildman–Crippen LogP) is 5.81. The summed E-state index contributed by atoms with van der Waals surface area (Å²) in [7, 11) is 0. The molecule has 1 aliphatic heterocycles. The number of H-pyrrole nitrogens is 1. The maximum atomic E-state index is 11.3. The summed E-state index contributed by atoms with van der Waals surface area (Å²) in [6.07, 6.45) is 4.59. The Labute approximate surface area is 215 Å². The number of aromatic nitrogens is 2. The average molecular weight is 504 g/mol. The van der Waals surface area contributed by atoms with Gasteiger partial charge in [0.2, 0.25) is 0 Å². The van der Waals surface area contributed by atoms with Gasteiger partial charge in [0.25, 0.3) is 0 Å². The summed E-state index contributed by atoms with van der Waals surface area (Å²) in [4.78, 5) is 22.5.